The second-order valence-corrected chi connectivity index (χ2v) is 8.84. The zero-order valence-corrected chi connectivity index (χ0v) is 16.1. The number of hydrogen-bond donors (Lipinski definition) is 2. The Morgan fingerprint density at radius 1 is 1.40 bits per heavy atom. The number of amides is 3. The van der Waals surface area contributed by atoms with Gasteiger partial charge in [0, 0.05) is 44.7 Å². The van der Waals surface area contributed by atoms with Crippen molar-refractivity contribution < 1.29 is 25.7 Å². The van der Waals surface area contributed by atoms with Crippen molar-refractivity contribution in [3.05, 3.63) is 0 Å². The molecular formula is C16H26N2O5S2. The molecule has 1 heterocycles. The van der Waals surface area contributed by atoms with Crippen LogP contribution in [0, 0.1) is 5.92 Å². The van der Waals surface area contributed by atoms with Gasteiger partial charge in [-0.05, 0) is 12.8 Å². The van der Waals surface area contributed by atoms with Gasteiger partial charge in [0.05, 0.1) is 5.92 Å². The molecule has 1 aliphatic heterocycles. The molecule has 0 bridgehead atoms. The van der Waals surface area contributed by atoms with Gasteiger partial charge >= 0.3 is 5.97 Å². The van der Waals surface area contributed by atoms with Gasteiger partial charge in [0.2, 0.25) is 17.7 Å². The van der Waals surface area contributed by atoms with E-state index in [0.717, 1.165) is 10.7 Å². The van der Waals surface area contributed by atoms with E-state index < -0.39 is 18.3 Å². The Kier molecular flexibility index (Phi) is 8.47. The highest BCUT2D eigenvalue weighted by atomic mass is 33.1. The molecule has 0 aromatic carbocycles. The standard InChI is InChI=1S/C16H26N2O5S2/c1-11(16(22)23)7-10-24-25-12(2)3-4-13(19)17-8-9-18-14(20)5-6-15(18)21/h11-12H,3-10H2,1-2H3,(H,17,19)(H,22,23)/i5T/hD. The average Bonchev–Trinajstić information content (AvgIpc) is 2.88. The fraction of sp³-hybridized carbons (Fsp3) is 0.750. The molecule has 0 radical (unpaired) electrons. The van der Waals surface area contributed by atoms with Gasteiger partial charge in [-0.15, -0.1) is 0 Å². The Bertz CT molecular complexity index is 553. The first-order chi connectivity index (χ1) is 12.8. The number of nitrogens with zero attached hydrogens (tertiary/aromatic N) is 1. The van der Waals surface area contributed by atoms with E-state index in [1.54, 1.807) is 28.5 Å². The summed E-state index contributed by atoms with van der Waals surface area (Å²) >= 11 is 0. The van der Waals surface area contributed by atoms with Crippen LogP contribution in [0.3, 0.4) is 0 Å². The van der Waals surface area contributed by atoms with Crippen molar-refractivity contribution >= 4 is 45.3 Å². The first kappa shape index (κ1) is 18.6. The number of carbonyl (C=O) groups is 4. The molecule has 0 aromatic heterocycles. The van der Waals surface area contributed by atoms with Gasteiger partial charge < -0.3 is 10.4 Å². The van der Waals surface area contributed by atoms with Crippen molar-refractivity contribution in [1.29, 1.82) is 1.43 Å². The maximum Gasteiger partial charge on any atom is 0.306 e. The van der Waals surface area contributed by atoms with E-state index in [4.69, 9.17) is 2.80 Å². The second-order valence-electron chi connectivity index (χ2n) is 5.92. The smallest absolute Gasteiger partial charge is 0.306 e. The summed E-state index contributed by atoms with van der Waals surface area (Å²) in [5, 5.41) is 6.88. The zero-order valence-electron chi connectivity index (χ0n) is 16.5. The Morgan fingerprint density at radius 2 is 2.16 bits per heavy atom. The quantitative estimate of drug-likeness (QED) is 0.296. The average molecular weight is 394 g/mol. The third-order valence-corrected chi connectivity index (χ3v) is 6.72. The highest BCUT2D eigenvalue weighted by Gasteiger charge is 2.28. The van der Waals surface area contributed by atoms with Gasteiger partial charge in [-0.25, -0.2) is 0 Å². The number of nitrogens with one attached hydrogen (secondary N) is 1. The van der Waals surface area contributed by atoms with E-state index in [9.17, 15) is 19.2 Å². The summed E-state index contributed by atoms with van der Waals surface area (Å²) < 4.78 is 14.0. The molecule has 0 aliphatic carbocycles. The van der Waals surface area contributed by atoms with Crippen molar-refractivity contribution in [2.45, 2.75) is 51.2 Å². The topological polar surface area (TPSA) is 104 Å². The third kappa shape index (κ3) is 8.62. The van der Waals surface area contributed by atoms with E-state index >= 15 is 0 Å². The van der Waals surface area contributed by atoms with Crippen molar-refractivity contribution in [2.75, 3.05) is 18.8 Å². The molecule has 0 saturated carbocycles. The lowest BCUT2D eigenvalue weighted by atomic mass is 10.1. The molecule has 1 fully saturated rings. The molecule has 7 nitrogen and oxygen atoms in total. The summed E-state index contributed by atoms with van der Waals surface area (Å²) in [6.07, 6.45) is 0.575. The number of likely N-dealkylation sites (tertiary alicyclic amines) is 1. The van der Waals surface area contributed by atoms with E-state index in [0.29, 0.717) is 19.3 Å². The van der Waals surface area contributed by atoms with Crippen LogP contribution in [0.5, 0.6) is 0 Å². The predicted molar refractivity (Wildman–Crippen MR) is 99.1 cm³/mol. The molecule has 0 aromatic rings. The minimum atomic E-state index is -1.01. The summed E-state index contributed by atoms with van der Waals surface area (Å²) in [7, 11) is 3.27. The predicted octanol–water partition coefficient (Wildman–Crippen LogP) is 1.91. The number of aliphatic carboxylic acids is 1. The van der Waals surface area contributed by atoms with Gasteiger partial charge in [-0.1, -0.05) is 35.4 Å². The van der Waals surface area contributed by atoms with Crippen LogP contribution < -0.4 is 5.32 Å². The first-order valence-corrected chi connectivity index (χ1v) is 10.6. The van der Waals surface area contributed by atoms with Crippen LogP contribution in [0.4, 0.5) is 0 Å². The maximum absolute atomic E-state index is 11.9. The normalized spacial score (nSPS) is 20.7. The van der Waals surface area contributed by atoms with Gasteiger partial charge in [0.25, 0.3) is 1.43 Å². The van der Waals surface area contributed by atoms with E-state index in [1.165, 1.54) is 0 Å². The largest absolute Gasteiger partial charge is 0.481 e. The summed E-state index contributed by atoms with van der Waals surface area (Å²) in [4.78, 5) is 47.1. The number of carboxylic acids is 1. The highest BCUT2D eigenvalue weighted by molar-refractivity contribution is 8.76. The van der Waals surface area contributed by atoms with Crippen molar-refractivity contribution in [3.8, 4) is 0 Å². The van der Waals surface area contributed by atoms with E-state index in [2.05, 4.69) is 10.4 Å². The Balaban J connectivity index is 2.09. The molecule has 2 N–H and O–H groups in total. The minimum absolute atomic E-state index is 0.0811. The van der Waals surface area contributed by atoms with Crippen LogP contribution in [-0.2, 0) is 19.2 Å². The van der Waals surface area contributed by atoms with Crippen molar-refractivity contribution in [3.63, 3.8) is 0 Å². The summed E-state index contributed by atoms with van der Waals surface area (Å²) in [5.41, 5.74) is 0. The van der Waals surface area contributed by atoms with Crippen LogP contribution in [0.1, 0.15) is 47.3 Å². The highest BCUT2D eigenvalue weighted by Crippen LogP contribution is 2.30. The fourth-order valence-corrected chi connectivity index (χ4v) is 4.59. The van der Waals surface area contributed by atoms with Crippen LogP contribution in [0.2, 0.25) is 0 Å². The summed E-state index contributed by atoms with van der Waals surface area (Å²) in [6, 6.07) is 0. The SMILES string of the molecule is [2H]OC(=O)C(C)CCSSC(C)CCC(=O)NCCN1C(=O)CC([3H])C1=O. The van der Waals surface area contributed by atoms with Gasteiger partial charge in [-0.2, -0.15) is 0 Å². The lowest BCUT2D eigenvalue weighted by molar-refractivity contribution is -0.141. The Morgan fingerprint density at radius 3 is 2.80 bits per heavy atom. The zero-order chi connectivity index (χ0) is 20.4. The molecule has 1 rings (SSSR count). The molecular weight excluding hydrogens is 364 g/mol. The Labute approximate surface area is 159 Å². The number of imide groups is 1. The minimum Gasteiger partial charge on any atom is -0.481 e. The van der Waals surface area contributed by atoms with E-state index in [-0.39, 0.29) is 42.5 Å². The molecule has 9 heteroatoms. The molecule has 25 heavy (non-hydrogen) atoms. The van der Waals surface area contributed by atoms with Crippen molar-refractivity contribution in [1.82, 2.24) is 10.2 Å². The van der Waals surface area contributed by atoms with Crippen LogP contribution >= 0.6 is 21.6 Å². The van der Waals surface area contributed by atoms with E-state index in [1.807, 2.05) is 6.92 Å². The molecule has 0 spiro atoms. The number of carbonyl (C=O) groups excluding carboxylic acids is 3. The fourth-order valence-electron chi connectivity index (χ4n) is 2.04. The molecule has 1 saturated heterocycles. The van der Waals surface area contributed by atoms with Gasteiger partial charge in [-0.3, -0.25) is 24.1 Å². The molecule has 3 atom stereocenters. The number of hydrogen-bond acceptors (Lipinski definition) is 7. The number of carboxylic acid groups (broad SMARTS) is 1. The monoisotopic (exact) mass is 393 g/mol. The van der Waals surface area contributed by atoms with Gasteiger partial charge in [0.15, 0.2) is 0 Å². The third-order valence-electron chi connectivity index (χ3n) is 3.72. The van der Waals surface area contributed by atoms with Gasteiger partial charge in [0.1, 0.15) is 0 Å². The first-order valence-electron chi connectivity index (χ1n) is 9.23. The lowest BCUT2D eigenvalue weighted by Crippen LogP contribution is -2.37. The van der Waals surface area contributed by atoms with Crippen LogP contribution in [0.25, 0.3) is 1.43 Å². The molecule has 142 valence electrons. The molecule has 3 amide bonds. The second kappa shape index (κ2) is 11.4. The lowest BCUT2D eigenvalue weighted by Gasteiger charge is -2.14. The summed E-state index contributed by atoms with van der Waals surface area (Å²) in [6.45, 7) is 4.05. The number of rotatable bonds is 12. The molecule has 3 unspecified atom stereocenters. The van der Waals surface area contributed by atoms with Crippen molar-refractivity contribution in [2.24, 2.45) is 5.92 Å². The molecule has 1 aliphatic rings. The van der Waals surface area contributed by atoms with Crippen LogP contribution in [0.15, 0.2) is 0 Å². The Hall–Kier alpha value is -1.22. The van der Waals surface area contributed by atoms with Crippen LogP contribution in [-0.4, -0.2) is 57.8 Å². The maximum atomic E-state index is 11.9. The summed E-state index contributed by atoms with van der Waals surface area (Å²) in [5.74, 6) is -1.06.